The highest BCUT2D eigenvalue weighted by Crippen LogP contribution is 2.30. The summed E-state index contributed by atoms with van der Waals surface area (Å²) in [6.45, 7) is 2.81. The van der Waals surface area contributed by atoms with Crippen molar-refractivity contribution in [1.82, 2.24) is 10.6 Å². The van der Waals surface area contributed by atoms with E-state index < -0.39 is 23.8 Å². The second kappa shape index (κ2) is 14.2. The fraction of sp³-hybridized carbons (Fsp3) is 0.242. The summed E-state index contributed by atoms with van der Waals surface area (Å²) in [7, 11) is 0. The van der Waals surface area contributed by atoms with Gasteiger partial charge in [0.15, 0.2) is 0 Å². The number of aliphatic hydroxyl groups excluding tert-OH is 1. The summed E-state index contributed by atoms with van der Waals surface area (Å²) in [5, 5.41) is 17.3. The molecule has 4 aromatic rings. The molecule has 1 amide bonds. The summed E-state index contributed by atoms with van der Waals surface area (Å²) >= 11 is 1.63. The van der Waals surface area contributed by atoms with E-state index in [0.717, 1.165) is 34.1 Å². The molecule has 0 radical (unpaired) electrons. The number of benzene rings is 4. The number of rotatable bonds is 12. The van der Waals surface area contributed by atoms with Gasteiger partial charge in [0.1, 0.15) is 11.6 Å². The highest BCUT2D eigenvalue weighted by atomic mass is 32.2. The number of thioether (sulfide) groups is 1. The third-order valence-electron chi connectivity index (χ3n) is 6.78. The van der Waals surface area contributed by atoms with Gasteiger partial charge >= 0.3 is 0 Å². The first kappa shape index (κ1) is 29.5. The predicted octanol–water partition coefficient (Wildman–Crippen LogP) is 6.41. The lowest BCUT2D eigenvalue weighted by Crippen LogP contribution is -2.48. The Kier molecular flexibility index (Phi) is 10.5. The molecule has 2 atom stereocenters. The average molecular weight is 561 g/mol. The molecular weight excluding hydrogens is 526 g/mol. The minimum atomic E-state index is -1.01. The molecule has 0 fully saturated rings. The Labute approximate surface area is 238 Å². The molecule has 0 aromatic heterocycles. The van der Waals surface area contributed by atoms with Crippen molar-refractivity contribution in [2.24, 2.45) is 0 Å². The number of hydrogen-bond donors (Lipinski definition) is 3. The SMILES string of the molecule is CCc1cccc(CNC[C@@H](O)[C@H](Cc2cc(F)cc(F)c2)NC(=O)c2cccc(-c3ccccc3SC)c2)c1. The van der Waals surface area contributed by atoms with Crippen LogP contribution in [0.25, 0.3) is 11.1 Å². The molecule has 4 nitrogen and oxygen atoms in total. The van der Waals surface area contributed by atoms with Crippen LogP contribution in [0.1, 0.15) is 34.0 Å². The van der Waals surface area contributed by atoms with Crippen LogP contribution in [-0.4, -0.2) is 36.0 Å². The molecule has 7 heteroatoms. The maximum absolute atomic E-state index is 13.9. The zero-order valence-electron chi connectivity index (χ0n) is 22.7. The lowest BCUT2D eigenvalue weighted by atomic mass is 9.99. The Morgan fingerprint density at radius 2 is 1.60 bits per heavy atom. The van der Waals surface area contributed by atoms with E-state index >= 15 is 0 Å². The van der Waals surface area contributed by atoms with Gasteiger partial charge in [0.2, 0.25) is 0 Å². The van der Waals surface area contributed by atoms with E-state index in [2.05, 4.69) is 29.7 Å². The fourth-order valence-corrected chi connectivity index (χ4v) is 5.32. The van der Waals surface area contributed by atoms with Crippen molar-refractivity contribution in [3.05, 3.63) is 125 Å². The van der Waals surface area contributed by atoms with Gasteiger partial charge in [-0.25, -0.2) is 8.78 Å². The molecule has 0 spiro atoms. The van der Waals surface area contributed by atoms with Gasteiger partial charge in [-0.05, 0) is 77.2 Å². The van der Waals surface area contributed by atoms with Crippen molar-refractivity contribution in [2.45, 2.75) is 43.4 Å². The summed E-state index contributed by atoms with van der Waals surface area (Å²) < 4.78 is 27.8. The van der Waals surface area contributed by atoms with Gasteiger partial charge in [-0.3, -0.25) is 4.79 Å². The maximum Gasteiger partial charge on any atom is 0.251 e. The number of halogens is 2. The molecule has 0 aliphatic heterocycles. The molecule has 4 aromatic carbocycles. The van der Waals surface area contributed by atoms with Crippen molar-refractivity contribution < 1.29 is 18.7 Å². The first-order chi connectivity index (χ1) is 19.4. The Hall–Kier alpha value is -3.52. The van der Waals surface area contributed by atoms with Crippen molar-refractivity contribution in [3.8, 4) is 11.1 Å². The summed E-state index contributed by atoms with van der Waals surface area (Å²) in [4.78, 5) is 14.5. The number of amides is 1. The zero-order chi connectivity index (χ0) is 28.5. The molecule has 0 aliphatic carbocycles. The summed E-state index contributed by atoms with van der Waals surface area (Å²) in [5.74, 6) is -1.78. The molecule has 0 bridgehead atoms. The van der Waals surface area contributed by atoms with E-state index in [1.54, 1.807) is 17.8 Å². The number of carbonyl (C=O) groups excluding carboxylic acids is 1. The number of aryl methyl sites for hydroxylation is 1. The molecule has 0 aliphatic rings. The molecule has 40 heavy (non-hydrogen) atoms. The van der Waals surface area contributed by atoms with Crippen LogP contribution >= 0.6 is 11.8 Å². The lowest BCUT2D eigenvalue weighted by molar-refractivity contribution is 0.0830. The number of hydrogen-bond acceptors (Lipinski definition) is 4. The fourth-order valence-electron chi connectivity index (χ4n) is 4.69. The van der Waals surface area contributed by atoms with Crippen molar-refractivity contribution in [3.63, 3.8) is 0 Å². The van der Waals surface area contributed by atoms with Crippen LogP contribution in [-0.2, 0) is 19.4 Å². The summed E-state index contributed by atoms with van der Waals surface area (Å²) in [5.41, 5.74) is 5.01. The Bertz CT molecular complexity index is 1430. The summed E-state index contributed by atoms with van der Waals surface area (Å²) in [6.07, 6.45) is 1.98. The van der Waals surface area contributed by atoms with Crippen molar-refractivity contribution in [2.75, 3.05) is 12.8 Å². The standard InChI is InChI=1S/C33H34F2N2O2S/c1-3-22-8-6-9-23(14-22)20-36-21-31(38)30(17-24-15-27(34)19-28(35)16-24)37-33(39)26-11-7-10-25(18-26)29-12-4-5-13-32(29)40-2/h4-16,18-19,30-31,36,38H,3,17,20-21H2,1-2H3,(H,37,39)/t30-,31+/m0/s1. The third-order valence-corrected chi connectivity index (χ3v) is 7.58. The normalized spacial score (nSPS) is 12.6. The van der Waals surface area contributed by atoms with Crippen molar-refractivity contribution >= 4 is 17.7 Å². The monoisotopic (exact) mass is 560 g/mol. The zero-order valence-corrected chi connectivity index (χ0v) is 23.5. The molecule has 208 valence electrons. The lowest BCUT2D eigenvalue weighted by Gasteiger charge is -2.25. The van der Waals surface area contributed by atoms with Crippen LogP contribution in [0.15, 0.2) is 95.9 Å². The van der Waals surface area contributed by atoms with Gasteiger partial charge in [0.05, 0.1) is 12.1 Å². The smallest absolute Gasteiger partial charge is 0.251 e. The van der Waals surface area contributed by atoms with Crippen LogP contribution in [0.2, 0.25) is 0 Å². The van der Waals surface area contributed by atoms with E-state index in [1.165, 1.54) is 17.7 Å². The maximum atomic E-state index is 13.9. The van der Waals surface area contributed by atoms with Gasteiger partial charge in [-0.2, -0.15) is 0 Å². The highest BCUT2D eigenvalue weighted by molar-refractivity contribution is 7.98. The van der Waals surface area contributed by atoms with E-state index in [9.17, 15) is 18.7 Å². The Morgan fingerprint density at radius 1 is 0.875 bits per heavy atom. The molecule has 0 saturated carbocycles. The minimum absolute atomic E-state index is 0.0591. The van der Waals surface area contributed by atoms with Crippen molar-refractivity contribution in [1.29, 1.82) is 0 Å². The van der Waals surface area contributed by atoms with E-state index in [-0.39, 0.29) is 18.9 Å². The topological polar surface area (TPSA) is 61.4 Å². The van der Waals surface area contributed by atoms with Crippen LogP contribution in [0.4, 0.5) is 8.78 Å². The number of carbonyl (C=O) groups is 1. The molecule has 4 rings (SSSR count). The Balaban J connectivity index is 1.51. The second-order valence-electron chi connectivity index (χ2n) is 9.71. The minimum Gasteiger partial charge on any atom is -0.390 e. The quantitative estimate of drug-likeness (QED) is 0.175. The van der Waals surface area contributed by atoms with Gasteiger partial charge in [-0.15, -0.1) is 11.8 Å². The predicted molar refractivity (Wildman–Crippen MR) is 159 cm³/mol. The van der Waals surface area contributed by atoms with Gasteiger partial charge in [-0.1, -0.05) is 61.5 Å². The van der Waals surface area contributed by atoms with Gasteiger partial charge < -0.3 is 15.7 Å². The van der Waals surface area contributed by atoms with E-state index in [1.807, 2.05) is 60.9 Å². The van der Waals surface area contributed by atoms with Gasteiger partial charge in [0.25, 0.3) is 5.91 Å². The molecular formula is C33H34F2N2O2S. The first-order valence-corrected chi connectivity index (χ1v) is 14.5. The largest absolute Gasteiger partial charge is 0.390 e. The van der Waals surface area contributed by atoms with Crippen LogP contribution in [0, 0.1) is 11.6 Å². The van der Waals surface area contributed by atoms with E-state index in [4.69, 9.17) is 0 Å². The molecule has 0 unspecified atom stereocenters. The third kappa shape index (κ3) is 8.01. The average Bonchev–Trinajstić information content (AvgIpc) is 2.96. The number of aliphatic hydroxyl groups is 1. The van der Waals surface area contributed by atoms with Crippen LogP contribution in [0.5, 0.6) is 0 Å². The molecule has 0 saturated heterocycles. The van der Waals surface area contributed by atoms with Gasteiger partial charge in [0, 0.05) is 29.6 Å². The highest BCUT2D eigenvalue weighted by Gasteiger charge is 2.23. The second-order valence-corrected chi connectivity index (χ2v) is 10.6. The molecule has 3 N–H and O–H groups in total. The number of nitrogens with one attached hydrogen (secondary N) is 2. The summed E-state index contributed by atoms with van der Waals surface area (Å²) in [6, 6.07) is 25.9. The van der Waals surface area contributed by atoms with Crippen LogP contribution in [0.3, 0.4) is 0 Å². The van der Waals surface area contributed by atoms with Crippen LogP contribution < -0.4 is 10.6 Å². The Morgan fingerprint density at radius 3 is 2.35 bits per heavy atom. The molecule has 0 heterocycles. The van der Waals surface area contributed by atoms with E-state index in [0.29, 0.717) is 17.7 Å². The first-order valence-electron chi connectivity index (χ1n) is 13.3.